The van der Waals surface area contributed by atoms with E-state index in [0.29, 0.717) is 6.61 Å². The van der Waals surface area contributed by atoms with E-state index in [1.54, 1.807) is 6.33 Å². The molecule has 4 nitrogen and oxygen atoms in total. The number of ether oxygens (including phenoxy) is 1. The van der Waals surface area contributed by atoms with Crippen molar-refractivity contribution >= 4 is 10.8 Å². The highest BCUT2D eigenvalue weighted by molar-refractivity contribution is 5.86. The summed E-state index contributed by atoms with van der Waals surface area (Å²) in [5.41, 5.74) is 4.90. The normalized spacial score (nSPS) is 20.4. The number of hydrogen-bond acceptors (Lipinski definition) is 3. The molecule has 1 aliphatic carbocycles. The van der Waals surface area contributed by atoms with Gasteiger partial charge in [-0.05, 0) is 46.9 Å². The van der Waals surface area contributed by atoms with Crippen LogP contribution in [0.1, 0.15) is 41.3 Å². The summed E-state index contributed by atoms with van der Waals surface area (Å²) in [6, 6.07) is 25.5. The average molecular weight is 460 g/mol. The number of fused-ring (bicyclic) bond motifs is 1. The zero-order valence-corrected chi connectivity index (χ0v) is 20.3. The number of nitrogens with zero attached hydrogens (tertiary/aromatic N) is 3. The van der Waals surface area contributed by atoms with Crippen LogP contribution >= 0.6 is 0 Å². The lowest BCUT2D eigenvalue weighted by atomic mass is 9.70. The van der Waals surface area contributed by atoms with Crippen LogP contribution in [0, 0.1) is 23.7 Å². The van der Waals surface area contributed by atoms with Gasteiger partial charge in [0.25, 0.3) is 0 Å². The first-order valence-electron chi connectivity index (χ1n) is 11.9. The van der Waals surface area contributed by atoms with Crippen LogP contribution in [0.25, 0.3) is 10.8 Å². The second kappa shape index (κ2) is 9.37. The van der Waals surface area contributed by atoms with Gasteiger partial charge in [-0.1, -0.05) is 85.0 Å². The van der Waals surface area contributed by atoms with Crippen molar-refractivity contribution in [2.45, 2.75) is 32.5 Å². The summed E-state index contributed by atoms with van der Waals surface area (Å²) in [4.78, 5) is 4.36. The van der Waals surface area contributed by atoms with Crippen LogP contribution in [0.5, 0.6) is 0 Å². The van der Waals surface area contributed by atoms with Gasteiger partial charge in [-0.2, -0.15) is 5.26 Å². The Balaban J connectivity index is 1.55. The summed E-state index contributed by atoms with van der Waals surface area (Å²) in [7, 11) is 1.99. The van der Waals surface area contributed by atoms with Crippen molar-refractivity contribution in [2.24, 2.45) is 12.5 Å². The van der Waals surface area contributed by atoms with Crippen molar-refractivity contribution in [3.8, 4) is 6.07 Å². The molecule has 3 aromatic carbocycles. The summed E-state index contributed by atoms with van der Waals surface area (Å²) in [5, 5.41) is 12.5. The maximum atomic E-state index is 10.0. The standard InChI is InChI=1S/C31H29N3O/c1-22-13-14-23-9-7-8-12-26(23)27(22)19-35-30(29-18-33-21-34(29)3)25-15-16-31(2,20-32)28(17-25)24-10-5-4-6-11-24/h4-18,21,28,30H,19H2,1-3H3. The van der Waals surface area contributed by atoms with Crippen LogP contribution < -0.4 is 0 Å². The Morgan fingerprint density at radius 1 is 1.09 bits per heavy atom. The van der Waals surface area contributed by atoms with E-state index in [1.165, 1.54) is 21.9 Å². The van der Waals surface area contributed by atoms with E-state index in [4.69, 9.17) is 4.74 Å². The lowest BCUT2D eigenvalue weighted by Gasteiger charge is -2.33. The maximum Gasteiger partial charge on any atom is 0.124 e. The number of rotatable bonds is 6. The molecule has 174 valence electrons. The fourth-order valence-electron chi connectivity index (χ4n) is 4.95. The zero-order valence-electron chi connectivity index (χ0n) is 20.3. The van der Waals surface area contributed by atoms with Crippen molar-refractivity contribution in [2.75, 3.05) is 0 Å². The average Bonchev–Trinajstić information content (AvgIpc) is 3.32. The van der Waals surface area contributed by atoms with Gasteiger partial charge >= 0.3 is 0 Å². The number of aryl methyl sites for hydroxylation is 2. The third kappa shape index (κ3) is 4.32. The van der Waals surface area contributed by atoms with Crippen molar-refractivity contribution < 1.29 is 4.74 Å². The maximum absolute atomic E-state index is 10.0. The minimum atomic E-state index is -0.631. The highest BCUT2D eigenvalue weighted by Gasteiger charge is 2.36. The minimum absolute atomic E-state index is 0.0766. The van der Waals surface area contributed by atoms with E-state index in [2.05, 4.69) is 78.7 Å². The fourth-order valence-corrected chi connectivity index (χ4v) is 4.95. The van der Waals surface area contributed by atoms with Gasteiger partial charge in [0.1, 0.15) is 6.10 Å². The summed E-state index contributed by atoms with van der Waals surface area (Å²) >= 11 is 0. The van der Waals surface area contributed by atoms with Crippen LogP contribution in [0.3, 0.4) is 0 Å². The fraction of sp³-hybridized carbons (Fsp3) is 0.226. The highest BCUT2D eigenvalue weighted by atomic mass is 16.5. The first-order chi connectivity index (χ1) is 17.0. The molecular formula is C31H29N3O. The lowest BCUT2D eigenvalue weighted by Crippen LogP contribution is -2.24. The molecule has 35 heavy (non-hydrogen) atoms. The Morgan fingerprint density at radius 2 is 1.86 bits per heavy atom. The van der Waals surface area contributed by atoms with E-state index in [9.17, 15) is 5.26 Å². The third-order valence-corrected chi connectivity index (χ3v) is 7.12. The predicted octanol–water partition coefficient (Wildman–Crippen LogP) is 6.95. The van der Waals surface area contributed by atoms with Gasteiger partial charge < -0.3 is 9.30 Å². The molecule has 0 amide bonds. The lowest BCUT2D eigenvalue weighted by molar-refractivity contribution is 0.0613. The summed E-state index contributed by atoms with van der Waals surface area (Å²) in [6.07, 6.45) is 9.63. The molecule has 0 saturated carbocycles. The molecule has 0 fully saturated rings. The minimum Gasteiger partial charge on any atom is -0.362 e. The van der Waals surface area contributed by atoms with E-state index in [0.717, 1.165) is 16.8 Å². The summed E-state index contributed by atoms with van der Waals surface area (Å²) in [5.74, 6) is -0.0766. The van der Waals surface area contributed by atoms with Gasteiger partial charge in [-0.25, -0.2) is 4.98 Å². The Morgan fingerprint density at radius 3 is 2.60 bits per heavy atom. The second-order valence-electron chi connectivity index (χ2n) is 9.49. The number of hydrogen-bond donors (Lipinski definition) is 0. The number of benzene rings is 3. The van der Waals surface area contributed by atoms with Gasteiger partial charge in [0, 0.05) is 13.0 Å². The van der Waals surface area contributed by atoms with Gasteiger partial charge in [0.15, 0.2) is 0 Å². The molecule has 0 bridgehead atoms. The van der Waals surface area contributed by atoms with Crippen LogP contribution in [-0.2, 0) is 18.4 Å². The largest absolute Gasteiger partial charge is 0.362 e. The van der Waals surface area contributed by atoms with E-state index in [-0.39, 0.29) is 12.0 Å². The van der Waals surface area contributed by atoms with E-state index >= 15 is 0 Å². The quantitative estimate of drug-likeness (QED) is 0.313. The summed E-state index contributed by atoms with van der Waals surface area (Å²) < 4.78 is 8.71. The molecular weight excluding hydrogens is 430 g/mol. The number of nitriles is 1. The number of imidazole rings is 1. The van der Waals surface area contributed by atoms with Gasteiger partial charge in [0.05, 0.1) is 36.3 Å². The van der Waals surface area contributed by atoms with Crippen LogP contribution in [0.15, 0.2) is 103 Å². The number of allylic oxidation sites excluding steroid dienone is 2. The molecule has 0 N–H and O–H groups in total. The van der Waals surface area contributed by atoms with E-state index in [1.807, 2.05) is 49.0 Å². The van der Waals surface area contributed by atoms with Crippen molar-refractivity contribution in [1.82, 2.24) is 9.55 Å². The van der Waals surface area contributed by atoms with Gasteiger partial charge in [0.2, 0.25) is 0 Å². The summed E-state index contributed by atoms with van der Waals surface area (Å²) in [6.45, 7) is 4.60. The predicted molar refractivity (Wildman–Crippen MR) is 140 cm³/mol. The zero-order chi connectivity index (χ0) is 24.4. The Bertz CT molecular complexity index is 1460. The van der Waals surface area contributed by atoms with Crippen molar-refractivity contribution in [3.05, 3.63) is 125 Å². The van der Waals surface area contributed by atoms with Gasteiger partial charge in [-0.3, -0.25) is 0 Å². The molecule has 1 aliphatic rings. The molecule has 1 heterocycles. The molecule has 3 unspecified atom stereocenters. The molecule has 0 radical (unpaired) electrons. The Kier molecular flexibility index (Phi) is 6.11. The monoisotopic (exact) mass is 459 g/mol. The third-order valence-electron chi connectivity index (χ3n) is 7.12. The first-order valence-corrected chi connectivity index (χ1v) is 11.9. The molecule has 1 aromatic heterocycles. The molecule has 5 rings (SSSR count). The van der Waals surface area contributed by atoms with Crippen molar-refractivity contribution in [1.29, 1.82) is 5.26 Å². The van der Waals surface area contributed by atoms with Crippen molar-refractivity contribution in [3.63, 3.8) is 0 Å². The number of aromatic nitrogens is 2. The van der Waals surface area contributed by atoms with Crippen LogP contribution in [0.4, 0.5) is 0 Å². The highest BCUT2D eigenvalue weighted by Crippen LogP contribution is 2.44. The SMILES string of the molecule is Cc1ccc2ccccc2c1COC(C1=CC(c2ccccc2)C(C)(C#N)C=C1)c1cncn1C. The van der Waals surface area contributed by atoms with Crippen LogP contribution in [0.2, 0.25) is 0 Å². The molecule has 4 aromatic rings. The first kappa shape index (κ1) is 22.8. The topological polar surface area (TPSA) is 50.8 Å². The molecule has 0 saturated heterocycles. The van der Waals surface area contributed by atoms with E-state index < -0.39 is 5.41 Å². The molecule has 3 atom stereocenters. The second-order valence-corrected chi connectivity index (χ2v) is 9.49. The smallest absolute Gasteiger partial charge is 0.124 e. The molecule has 0 aliphatic heterocycles. The Labute approximate surface area is 206 Å². The Hall–Kier alpha value is -3.94. The van der Waals surface area contributed by atoms with Gasteiger partial charge in [-0.15, -0.1) is 0 Å². The molecule has 4 heteroatoms. The molecule has 0 spiro atoms. The van der Waals surface area contributed by atoms with Crippen LogP contribution in [-0.4, -0.2) is 9.55 Å².